The fourth-order valence-electron chi connectivity index (χ4n) is 2.52. The molecule has 2 aromatic carbocycles. The van der Waals surface area contributed by atoms with Crippen LogP contribution in [0.4, 0.5) is 5.69 Å². The molecule has 0 atom stereocenters. The van der Waals surface area contributed by atoms with Gasteiger partial charge < -0.3 is 24.3 Å². The quantitative estimate of drug-likeness (QED) is 0.691. The summed E-state index contributed by atoms with van der Waals surface area (Å²) >= 11 is 3.39. The molecule has 0 fully saturated rings. The molecule has 0 saturated carbocycles. The van der Waals surface area contributed by atoms with Gasteiger partial charge in [0.05, 0.1) is 44.0 Å². The summed E-state index contributed by atoms with van der Waals surface area (Å²) in [7, 11) is 5.75. The van der Waals surface area contributed by atoms with E-state index in [0.717, 1.165) is 5.56 Å². The van der Waals surface area contributed by atoms with E-state index in [9.17, 15) is 9.59 Å². The second-order valence-electron chi connectivity index (χ2n) is 5.48. The maximum Gasteiger partial charge on any atom is 0.337 e. The lowest BCUT2D eigenvalue weighted by molar-refractivity contribution is 0.0600. The maximum absolute atomic E-state index is 12.8. The van der Waals surface area contributed by atoms with Crippen LogP contribution in [0.3, 0.4) is 0 Å². The van der Waals surface area contributed by atoms with E-state index in [2.05, 4.69) is 21.2 Å². The number of hydrogen-bond acceptors (Lipinski definition) is 6. The molecule has 27 heavy (non-hydrogen) atoms. The van der Waals surface area contributed by atoms with Crippen LogP contribution in [0.25, 0.3) is 0 Å². The lowest BCUT2D eigenvalue weighted by Gasteiger charge is -2.17. The van der Waals surface area contributed by atoms with Gasteiger partial charge in [0, 0.05) is 5.69 Å². The zero-order valence-electron chi connectivity index (χ0n) is 15.6. The third kappa shape index (κ3) is 4.16. The minimum Gasteiger partial charge on any atom is -0.493 e. The van der Waals surface area contributed by atoms with Crippen LogP contribution >= 0.6 is 15.9 Å². The number of methoxy groups -OCH3 is 4. The van der Waals surface area contributed by atoms with E-state index >= 15 is 0 Å². The molecule has 2 rings (SSSR count). The minimum absolute atomic E-state index is 0.306. The van der Waals surface area contributed by atoms with E-state index < -0.39 is 5.97 Å². The molecule has 144 valence electrons. The predicted molar refractivity (Wildman–Crippen MR) is 104 cm³/mol. The average Bonchev–Trinajstić information content (AvgIpc) is 2.67. The first-order chi connectivity index (χ1) is 12.9. The standard InChI is InChI=1S/C19H20BrNO6/c1-10-8-11(19(23)27-5)6-7-13(10)21-18(22)12-9-14(24-2)16(25-3)17(26-4)15(12)20/h6-9H,1-5H3,(H,21,22). The van der Waals surface area contributed by atoms with Gasteiger partial charge in [0.15, 0.2) is 11.5 Å². The molecule has 0 bridgehead atoms. The van der Waals surface area contributed by atoms with Crippen molar-refractivity contribution in [2.45, 2.75) is 6.92 Å². The molecule has 0 heterocycles. The Balaban J connectivity index is 2.40. The predicted octanol–water partition coefficient (Wildman–Crippen LogP) is 3.82. The van der Waals surface area contributed by atoms with E-state index in [1.54, 1.807) is 31.2 Å². The van der Waals surface area contributed by atoms with Crippen molar-refractivity contribution in [2.24, 2.45) is 0 Å². The number of ether oxygens (including phenoxy) is 4. The highest BCUT2D eigenvalue weighted by Gasteiger charge is 2.23. The third-order valence-corrected chi connectivity index (χ3v) is 4.70. The number of anilines is 1. The molecule has 7 nitrogen and oxygen atoms in total. The number of rotatable bonds is 6. The van der Waals surface area contributed by atoms with Gasteiger partial charge in [-0.15, -0.1) is 0 Å². The Hall–Kier alpha value is -2.74. The Morgan fingerprint density at radius 2 is 1.63 bits per heavy atom. The first-order valence-corrected chi connectivity index (χ1v) is 8.66. The molecule has 0 aromatic heterocycles. The van der Waals surface area contributed by atoms with Gasteiger partial charge >= 0.3 is 5.97 Å². The number of nitrogens with one attached hydrogen (secondary N) is 1. The van der Waals surface area contributed by atoms with Gasteiger partial charge in [-0.3, -0.25) is 4.79 Å². The summed E-state index contributed by atoms with van der Waals surface area (Å²) in [6.07, 6.45) is 0. The smallest absolute Gasteiger partial charge is 0.337 e. The number of benzene rings is 2. The number of amides is 1. The molecule has 0 aliphatic heterocycles. The zero-order valence-corrected chi connectivity index (χ0v) is 17.2. The fourth-order valence-corrected chi connectivity index (χ4v) is 3.16. The molecule has 0 spiro atoms. The molecule has 1 N–H and O–H groups in total. The van der Waals surface area contributed by atoms with Gasteiger partial charge in [-0.1, -0.05) is 0 Å². The molecule has 0 aliphatic carbocycles. The normalized spacial score (nSPS) is 10.1. The van der Waals surface area contributed by atoms with E-state index in [4.69, 9.17) is 18.9 Å². The Morgan fingerprint density at radius 3 is 2.15 bits per heavy atom. The second kappa shape index (κ2) is 8.77. The zero-order chi connectivity index (χ0) is 20.1. The fraction of sp³-hybridized carbons (Fsp3) is 0.263. The second-order valence-corrected chi connectivity index (χ2v) is 6.28. The number of carbonyl (C=O) groups is 2. The molecule has 8 heteroatoms. The number of hydrogen-bond donors (Lipinski definition) is 1. The van der Waals surface area contributed by atoms with Crippen molar-refractivity contribution < 1.29 is 28.5 Å². The Kier molecular flexibility index (Phi) is 6.68. The summed E-state index contributed by atoms with van der Waals surface area (Å²) in [4.78, 5) is 24.4. The lowest BCUT2D eigenvalue weighted by Crippen LogP contribution is -2.15. The Bertz CT molecular complexity index is 881. The van der Waals surface area contributed by atoms with Gasteiger partial charge in [-0.25, -0.2) is 4.79 Å². The van der Waals surface area contributed by atoms with Crippen LogP contribution in [0, 0.1) is 6.92 Å². The first-order valence-electron chi connectivity index (χ1n) is 7.86. The average molecular weight is 438 g/mol. The van der Waals surface area contributed by atoms with Crippen LogP contribution in [0.5, 0.6) is 17.2 Å². The first kappa shape index (κ1) is 20.6. The van der Waals surface area contributed by atoms with Crippen LogP contribution < -0.4 is 19.5 Å². The van der Waals surface area contributed by atoms with Gasteiger partial charge in [0.1, 0.15) is 0 Å². The summed E-state index contributed by atoms with van der Waals surface area (Å²) < 4.78 is 21.1. The maximum atomic E-state index is 12.8. The van der Waals surface area contributed by atoms with Crippen LogP contribution in [0.2, 0.25) is 0 Å². The number of esters is 1. The van der Waals surface area contributed by atoms with Crippen LogP contribution in [0.1, 0.15) is 26.3 Å². The number of halogens is 1. The summed E-state index contributed by atoms with van der Waals surface area (Å²) in [5.41, 5.74) is 1.99. The van der Waals surface area contributed by atoms with E-state index in [0.29, 0.717) is 38.5 Å². The van der Waals surface area contributed by atoms with Crippen molar-refractivity contribution in [3.8, 4) is 17.2 Å². The monoisotopic (exact) mass is 437 g/mol. The minimum atomic E-state index is -0.441. The van der Waals surface area contributed by atoms with Gasteiger partial charge in [-0.05, 0) is 52.7 Å². The van der Waals surface area contributed by atoms with Crippen LogP contribution in [-0.4, -0.2) is 40.3 Å². The van der Waals surface area contributed by atoms with Gasteiger partial charge in [-0.2, -0.15) is 0 Å². The van der Waals surface area contributed by atoms with Crippen molar-refractivity contribution in [3.63, 3.8) is 0 Å². The molecule has 2 aromatic rings. The van der Waals surface area contributed by atoms with Crippen LogP contribution in [-0.2, 0) is 4.74 Å². The molecule has 0 saturated heterocycles. The van der Waals surface area contributed by atoms with Crippen molar-refractivity contribution >= 4 is 33.5 Å². The SMILES string of the molecule is COC(=O)c1ccc(NC(=O)c2cc(OC)c(OC)c(OC)c2Br)c(C)c1. The van der Waals surface area contributed by atoms with Gasteiger partial charge in [0.2, 0.25) is 5.75 Å². The molecular formula is C19H20BrNO6. The molecule has 1 amide bonds. The topological polar surface area (TPSA) is 83.1 Å². The van der Waals surface area contributed by atoms with Crippen LogP contribution in [0.15, 0.2) is 28.7 Å². The highest BCUT2D eigenvalue weighted by molar-refractivity contribution is 9.10. The summed E-state index contributed by atoms with van der Waals surface area (Å²) in [6.45, 7) is 1.78. The van der Waals surface area contributed by atoms with E-state index in [1.807, 2.05) is 0 Å². The molecular weight excluding hydrogens is 418 g/mol. The Labute approximate surface area is 165 Å². The van der Waals surface area contributed by atoms with E-state index in [1.165, 1.54) is 28.4 Å². The van der Waals surface area contributed by atoms with E-state index in [-0.39, 0.29) is 5.91 Å². The molecule has 0 radical (unpaired) electrons. The lowest BCUT2D eigenvalue weighted by atomic mass is 10.1. The highest BCUT2D eigenvalue weighted by Crippen LogP contribution is 2.44. The number of carbonyl (C=O) groups excluding carboxylic acids is 2. The van der Waals surface area contributed by atoms with Crippen molar-refractivity contribution in [1.82, 2.24) is 0 Å². The molecule has 0 aliphatic rings. The van der Waals surface area contributed by atoms with Crippen molar-refractivity contribution in [1.29, 1.82) is 0 Å². The van der Waals surface area contributed by atoms with Crippen molar-refractivity contribution in [2.75, 3.05) is 33.8 Å². The molecule has 0 unspecified atom stereocenters. The number of aryl methyl sites for hydroxylation is 1. The van der Waals surface area contributed by atoms with Gasteiger partial charge in [0.25, 0.3) is 5.91 Å². The highest BCUT2D eigenvalue weighted by atomic mass is 79.9. The third-order valence-electron chi connectivity index (χ3n) is 3.91. The summed E-state index contributed by atoms with van der Waals surface area (Å²) in [6, 6.07) is 6.43. The Morgan fingerprint density at radius 1 is 0.963 bits per heavy atom. The summed E-state index contributed by atoms with van der Waals surface area (Å²) in [5.74, 6) is 0.264. The largest absolute Gasteiger partial charge is 0.493 e. The summed E-state index contributed by atoms with van der Waals surface area (Å²) in [5, 5.41) is 2.82. The van der Waals surface area contributed by atoms with Crippen molar-refractivity contribution in [3.05, 3.63) is 45.4 Å².